The topological polar surface area (TPSA) is 65.1 Å². The number of hydrogen-bond acceptors (Lipinski definition) is 4. The summed E-state index contributed by atoms with van der Waals surface area (Å²) in [5.41, 5.74) is 15.0. The van der Waals surface area contributed by atoms with E-state index in [0.29, 0.717) is 11.7 Å². The zero-order chi connectivity index (χ0) is 41.0. The molecule has 5 nitrogen and oxygen atoms in total. The predicted molar refractivity (Wildman–Crippen MR) is 255 cm³/mol. The van der Waals surface area contributed by atoms with Gasteiger partial charge in [-0.1, -0.05) is 164 Å². The van der Waals surface area contributed by atoms with Gasteiger partial charge in [-0.15, -0.1) is 0 Å². The van der Waals surface area contributed by atoms with Crippen molar-refractivity contribution < 1.29 is 8.83 Å². The van der Waals surface area contributed by atoms with Crippen LogP contribution in [-0.4, -0.2) is 11.7 Å². The zero-order valence-electron chi connectivity index (χ0n) is 33.4. The number of hydrogen-bond donors (Lipinski definition) is 0. The molecule has 1 unspecified atom stereocenters. The molecule has 0 fully saturated rings. The van der Waals surface area contributed by atoms with Gasteiger partial charge in [-0.25, -0.2) is 0 Å². The molecule has 1 aliphatic heterocycles. The summed E-state index contributed by atoms with van der Waals surface area (Å²) in [5.74, 6) is 1.21. The Bertz CT molecular complexity index is 3470. The minimum absolute atomic E-state index is 0.592. The van der Waals surface area contributed by atoms with Gasteiger partial charge in [-0.05, 0) is 110 Å². The second kappa shape index (κ2) is 14.8. The van der Waals surface area contributed by atoms with E-state index >= 15 is 0 Å². The van der Waals surface area contributed by atoms with Crippen molar-refractivity contribution in [3.8, 4) is 44.5 Å². The van der Waals surface area contributed by atoms with Gasteiger partial charge < -0.3 is 19.1 Å². The quantitative estimate of drug-likeness (QED) is 0.161. The molecule has 11 aromatic rings. The number of nitrogens with zero attached hydrogens (tertiary/aromatic N) is 3. The third-order valence-electron chi connectivity index (χ3n) is 11.9. The normalized spacial score (nSPS) is 14.0. The van der Waals surface area contributed by atoms with Gasteiger partial charge in [-0.3, -0.25) is 4.99 Å². The smallest absolute Gasteiger partial charge is 0.136 e. The van der Waals surface area contributed by atoms with Gasteiger partial charge in [-0.2, -0.15) is 0 Å². The first kappa shape index (κ1) is 35.6. The van der Waals surface area contributed by atoms with Crippen molar-refractivity contribution in [2.75, 3.05) is 0 Å². The summed E-state index contributed by atoms with van der Waals surface area (Å²) < 4.78 is 13.1. The molecule has 0 saturated carbocycles. The number of fused-ring (bicyclic) bond motifs is 6. The average Bonchev–Trinajstić information content (AvgIpc) is 3.93. The number of aliphatic imine (C=N–C) groups is 2. The van der Waals surface area contributed by atoms with Crippen LogP contribution in [0.1, 0.15) is 22.9 Å². The second-order valence-corrected chi connectivity index (χ2v) is 15.7. The van der Waals surface area contributed by atoms with Crippen molar-refractivity contribution in [3.63, 3.8) is 0 Å². The van der Waals surface area contributed by atoms with Crippen LogP contribution in [0.25, 0.3) is 93.7 Å². The minimum Gasteiger partial charge on any atom is -0.456 e. The Morgan fingerprint density at radius 1 is 0.355 bits per heavy atom. The molecule has 0 radical (unpaired) electrons. The molecule has 0 spiro atoms. The van der Waals surface area contributed by atoms with Crippen LogP contribution in [0.15, 0.2) is 231 Å². The van der Waals surface area contributed by atoms with Crippen LogP contribution in [0, 0.1) is 0 Å². The molecule has 0 aliphatic carbocycles. The molecule has 0 amide bonds. The number of amidine groups is 2. The van der Waals surface area contributed by atoms with Crippen LogP contribution in [0.4, 0.5) is 0 Å². The highest BCUT2D eigenvalue weighted by molar-refractivity contribution is 6.25. The third kappa shape index (κ3) is 6.27. The molecule has 9 aromatic carbocycles. The van der Waals surface area contributed by atoms with Gasteiger partial charge in [0.1, 0.15) is 22.3 Å². The number of rotatable bonds is 7. The van der Waals surface area contributed by atoms with Crippen LogP contribution >= 0.6 is 0 Å². The van der Waals surface area contributed by atoms with Gasteiger partial charge >= 0.3 is 0 Å². The largest absolute Gasteiger partial charge is 0.456 e. The van der Waals surface area contributed by atoms with Gasteiger partial charge in [0.15, 0.2) is 0 Å². The van der Waals surface area contributed by atoms with E-state index in [-0.39, 0.29) is 0 Å². The van der Waals surface area contributed by atoms with Crippen molar-refractivity contribution in [1.82, 2.24) is 0 Å². The highest BCUT2D eigenvalue weighted by Gasteiger charge is 2.22. The van der Waals surface area contributed by atoms with Crippen LogP contribution in [0.5, 0.6) is 0 Å². The Hall–Kier alpha value is -8.28. The Labute approximate surface area is 358 Å². The highest BCUT2D eigenvalue weighted by Crippen LogP contribution is 2.43. The van der Waals surface area contributed by atoms with E-state index in [1.165, 1.54) is 11.1 Å². The van der Waals surface area contributed by atoms with E-state index in [0.717, 1.165) is 93.9 Å². The average molecular weight is 795 g/mol. The summed E-state index contributed by atoms with van der Waals surface area (Å²) in [6.07, 6.45) is -0.594. The lowest BCUT2D eigenvalue weighted by atomic mass is 9.92. The standard InChI is InChI=1S/C57H36N3O2/c1-5-15-36(16-6-1)40-27-29-49-47(34-40)53-45(23-13-25-51(53)61-49)56-58-55(39-21-11-4-12-22-39)59-57(60-56)46-24-14-26-52-54(46)48-35-41(28-30-50(48)62-52)44-32-42(37-17-7-2-8-18-37)31-43(33-44)38-19-9-3-10-20-38/h1-35,56H/q-1. The molecule has 3 heterocycles. The fourth-order valence-corrected chi connectivity index (χ4v) is 8.87. The maximum absolute atomic E-state index is 6.59. The highest BCUT2D eigenvalue weighted by atomic mass is 16.3. The fourth-order valence-electron chi connectivity index (χ4n) is 8.87. The Morgan fingerprint density at radius 3 is 1.40 bits per heavy atom. The van der Waals surface area contributed by atoms with Gasteiger partial charge in [0, 0.05) is 27.1 Å². The van der Waals surface area contributed by atoms with Crippen LogP contribution in [0.2, 0.25) is 0 Å². The lowest BCUT2D eigenvalue weighted by Crippen LogP contribution is -2.16. The lowest BCUT2D eigenvalue weighted by Gasteiger charge is -2.32. The Kier molecular flexibility index (Phi) is 8.49. The monoisotopic (exact) mass is 794 g/mol. The molecule has 0 saturated heterocycles. The van der Waals surface area contributed by atoms with E-state index in [9.17, 15) is 0 Å². The second-order valence-electron chi connectivity index (χ2n) is 15.7. The third-order valence-corrected chi connectivity index (χ3v) is 11.9. The predicted octanol–water partition coefficient (Wildman–Crippen LogP) is 15.4. The summed E-state index contributed by atoms with van der Waals surface area (Å²) in [7, 11) is 0. The Balaban J connectivity index is 1.03. The number of benzene rings is 9. The van der Waals surface area contributed by atoms with E-state index in [2.05, 4.69) is 164 Å². The fraction of sp³-hybridized carbons (Fsp3) is 0.0175. The molecule has 5 heteroatoms. The molecule has 2 aromatic heterocycles. The molecule has 0 bridgehead atoms. The van der Waals surface area contributed by atoms with Gasteiger partial charge in [0.25, 0.3) is 0 Å². The first-order valence-electron chi connectivity index (χ1n) is 20.9. The summed E-state index contributed by atoms with van der Waals surface area (Å²) in [4.78, 5) is 10.6. The van der Waals surface area contributed by atoms with E-state index < -0.39 is 6.17 Å². The van der Waals surface area contributed by atoms with Gasteiger partial charge in [0.05, 0.1) is 12.0 Å². The minimum atomic E-state index is -0.594. The molecular weight excluding hydrogens is 759 g/mol. The van der Waals surface area contributed by atoms with Crippen molar-refractivity contribution in [3.05, 3.63) is 234 Å². The molecule has 292 valence electrons. The first-order chi connectivity index (χ1) is 30.7. The summed E-state index contributed by atoms with van der Waals surface area (Å²) in [6.45, 7) is 0. The van der Waals surface area contributed by atoms with Crippen molar-refractivity contribution >= 4 is 55.5 Å². The summed E-state index contributed by atoms with van der Waals surface area (Å²) >= 11 is 0. The van der Waals surface area contributed by atoms with E-state index in [1.54, 1.807) is 0 Å². The van der Waals surface area contributed by atoms with Gasteiger partial charge in [0.2, 0.25) is 0 Å². The van der Waals surface area contributed by atoms with Crippen molar-refractivity contribution in [2.45, 2.75) is 6.17 Å². The lowest BCUT2D eigenvalue weighted by molar-refractivity contribution is 0.668. The Morgan fingerprint density at radius 2 is 0.823 bits per heavy atom. The molecular formula is C57H36N3O2-. The molecule has 62 heavy (non-hydrogen) atoms. The van der Waals surface area contributed by atoms with Crippen molar-refractivity contribution in [2.24, 2.45) is 9.98 Å². The van der Waals surface area contributed by atoms with E-state index in [4.69, 9.17) is 24.1 Å². The molecule has 1 atom stereocenters. The molecule has 0 N–H and O–H groups in total. The SMILES string of the molecule is c1ccc(C2=NC(c3cccc4oc5ccc(-c6cc(-c7ccccc7)cc(-c7ccccc7)c6)cc5c34)=NC(c3cccc4oc5ccc(-c6ccccc6)cc5c34)[N-]2)cc1. The van der Waals surface area contributed by atoms with Crippen LogP contribution in [-0.2, 0) is 0 Å². The maximum Gasteiger partial charge on any atom is 0.136 e. The number of furan rings is 2. The maximum atomic E-state index is 6.59. The summed E-state index contributed by atoms with van der Waals surface area (Å²) in [5, 5.41) is 9.24. The first-order valence-corrected chi connectivity index (χ1v) is 20.9. The van der Waals surface area contributed by atoms with Crippen LogP contribution in [0.3, 0.4) is 0 Å². The summed E-state index contributed by atoms with van der Waals surface area (Å²) in [6, 6.07) is 73.7. The van der Waals surface area contributed by atoms with E-state index in [1.807, 2.05) is 48.5 Å². The zero-order valence-corrected chi connectivity index (χ0v) is 33.4. The van der Waals surface area contributed by atoms with Crippen molar-refractivity contribution in [1.29, 1.82) is 0 Å². The van der Waals surface area contributed by atoms with Crippen LogP contribution < -0.4 is 0 Å². The molecule has 12 rings (SSSR count). The molecule has 1 aliphatic rings.